The smallest absolute Gasteiger partial charge is 0.241 e. The lowest BCUT2D eigenvalue weighted by Crippen LogP contribution is -2.37. The Balaban J connectivity index is 2.34. The third kappa shape index (κ3) is 2.52. The number of aryl methyl sites for hydroxylation is 1. The number of methoxy groups -OCH3 is 1. The molecule has 3 atom stereocenters. The van der Waals surface area contributed by atoms with Crippen LogP contribution in [-0.2, 0) is 4.79 Å². The number of nitrogens with one attached hydrogen (secondary N) is 1. The molecule has 1 heterocycles. The van der Waals surface area contributed by atoms with E-state index in [0.29, 0.717) is 0 Å². The van der Waals surface area contributed by atoms with Gasteiger partial charge in [-0.25, -0.2) is 0 Å². The Morgan fingerprint density at radius 1 is 1.45 bits per heavy atom. The first kappa shape index (κ1) is 14.9. The van der Waals surface area contributed by atoms with E-state index in [4.69, 9.17) is 4.74 Å². The first-order valence-corrected chi connectivity index (χ1v) is 7.22. The minimum absolute atomic E-state index is 0.0444. The number of ether oxygens (including phenoxy) is 1. The maximum Gasteiger partial charge on any atom is 0.241 e. The largest absolute Gasteiger partial charge is 0.496 e. The van der Waals surface area contributed by atoms with Crippen LogP contribution in [0, 0.1) is 6.92 Å². The Hall–Kier alpha value is -1.55. The molecule has 0 bridgehead atoms. The van der Waals surface area contributed by atoms with Crippen molar-refractivity contribution in [2.45, 2.75) is 52.4 Å². The van der Waals surface area contributed by atoms with Gasteiger partial charge in [-0.05, 0) is 50.5 Å². The highest BCUT2D eigenvalue weighted by Crippen LogP contribution is 2.31. The highest BCUT2D eigenvalue weighted by molar-refractivity contribution is 5.84. The van der Waals surface area contributed by atoms with Crippen LogP contribution in [0.5, 0.6) is 5.75 Å². The Morgan fingerprint density at radius 2 is 2.15 bits per heavy atom. The van der Waals surface area contributed by atoms with E-state index in [2.05, 4.69) is 25.2 Å². The minimum atomic E-state index is -0.128. The molecule has 0 aliphatic carbocycles. The molecule has 1 aliphatic rings. The summed E-state index contributed by atoms with van der Waals surface area (Å²) in [5.74, 6) is 1.05. The van der Waals surface area contributed by atoms with E-state index in [0.717, 1.165) is 23.3 Å². The standard InChI is InChI=1S/C16H24N2O2/c1-6-11(3)18-15(17-12(4)16(18)19)13-7-8-14(20-5)10(2)9-13/h7-9,11-12,15,17H,6H2,1-5H3. The van der Waals surface area contributed by atoms with Gasteiger partial charge in [0.25, 0.3) is 0 Å². The van der Waals surface area contributed by atoms with Crippen molar-refractivity contribution in [3.63, 3.8) is 0 Å². The maximum absolute atomic E-state index is 12.3. The zero-order valence-corrected chi connectivity index (χ0v) is 12.9. The Morgan fingerprint density at radius 3 is 2.70 bits per heavy atom. The summed E-state index contributed by atoms with van der Waals surface area (Å²) >= 11 is 0. The predicted octanol–water partition coefficient (Wildman–Crippen LogP) is 2.62. The Labute approximate surface area is 121 Å². The van der Waals surface area contributed by atoms with Crippen molar-refractivity contribution in [2.24, 2.45) is 0 Å². The van der Waals surface area contributed by atoms with Crippen molar-refractivity contribution in [1.82, 2.24) is 10.2 Å². The van der Waals surface area contributed by atoms with Crippen LogP contribution < -0.4 is 10.1 Å². The molecular weight excluding hydrogens is 252 g/mol. The van der Waals surface area contributed by atoms with Crippen LogP contribution in [0.2, 0.25) is 0 Å². The summed E-state index contributed by atoms with van der Waals surface area (Å²) in [4.78, 5) is 14.3. The number of hydrogen-bond acceptors (Lipinski definition) is 3. The van der Waals surface area contributed by atoms with E-state index >= 15 is 0 Å². The molecular formula is C16H24N2O2. The second-order valence-corrected chi connectivity index (χ2v) is 5.52. The fraction of sp³-hybridized carbons (Fsp3) is 0.562. The second-order valence-electron chi connectivity index (χ2n) is 5.52. The molecule has 0 spiro atoms. The molecule has 1 aromatic carbocycles. The minimum Gasteiger partial charge on any atom is -0.496 e. The number of hydrogen-bond donors (Lipinski definition) is 1. The molecule has 1 fully saturated rings. The Bertz CT molecular complexity index is 501. The van der Waals surface area contributed by atoms with Crippen LogP contribution >= 0.6 is 0 Å². The van der Waals surface area contributed by atoms with E-state index < -0.39 is 0 Å². The van der Waals surface area contributed by atoms with Crippen molar-refractivity contribution < 1.29 is 9.53 Å². The quantitative estimate of drug-likeness (QED) is 0.919. The molecule has 3 unspecified atom stereocenters. The van der Waals surface area contributed by atoms with Crippen molar-refractivity contribution in [3.8, 4) is 5.75 Å². The molecule has 4 nitrogen and oxygen atoms in total. The fourth-order valence-electron chi connectivity index (χ4n) is 2.74. The number of benzene rings is 1. The molecule has 1 amide bonds. The molecule has 1 saturated heterocycles. The zero-order valence-electron chi connectivity index (χ0n) is 12.9. The van der Waals surface area contributed by atoms with Gasteiger partial charge in [-0.1, -0.05) is 13.0 Å². The predicted molar refractivity (Wildman–Crippen MR) is 79.7 cm³/mol. The van der Waals surface area contributed by atoms with Gasteiger partial charge in [0.05, 0.1) is 13.2 Å². The normalized spacial score (nSPS) is 24.1. The maximum atomic E-state index is 12.3. The van der Waals surface area contributed by atoms with Gasteiger partial charge in [0.2, 0.25) is 5.91 Å². The highest BCUT2D eigenvalue weighted by atomic mass is 16.5. The number of rotatable bonds is 4. The molecule has 1 aliphatic heterocycles. The third-order valence-electron chi connectivity index (χ3n) is 4.11. The van der Waals surface area contributed by atoms with Crippen LogP contribution in [0.4, 0.5) is 0 Å². The molecule has 4 heteroatoms. The SMILES string of the molecule is CCC(C)N1C(=O)C(C)NC1c1ccc(OC)c(C)c1. The monoisotopic (exact) mass is 276 g/mol. The number of nitrogens with zero attached hydrogens (tertiary/aromatic N) is 1. The average molecular weight is 276 g/mol. The lowest BCUT2D eigenvalue weighted by molar-refractivity contribution is -0.131. The molecule has 1 N–H and O–H groups in total. The summed E-state index contributed by atoms with van der Waals surface area (Å²) in [5, 5.41) is 3.39. The van der Waals surface area contributed by atoms with Crippen molar-refractivity contribution in [1.29, 1.82) is 0 Å². The van der Waals surface area contributed by atoms with Gasteiger partial charge in [-0.2, -0.15) is 0 Å². The van der Waals surface area contributed by atoms with E-state index in [1.807, 2.05) is 30.9 Å². The van der Waals surface area contributed by atoms with Gasteiger partial charge < -0.3 is 9.64 Å². The van der Waals surface area contributed by atoms with Crippen LogP contribution in [0.1, 0.15) is 44.5 Å². The van der Waals surface area contributed by atoms with Crippen LogP contribution in [0.15, 0.2) is 18.2 Å². The van der Waals surface area contributed by atoms with Crippen LogP contribution in [0.25, 0.3) is 0 Å². The third-order valence-corrected chi connectivity index (χ3v) is 4.11. The second kappa shape index (κ2) is 5.83. The molecule has 1 aromatic rings. The molecule has 110 valence electrons. The zero-order chi connectivity index (χ0) is 14.9. The average Bonchev–Trinajstić information content (AvgIpc) is 2.74. The first-order chi connectivity index (χ1) is 9.49. The van der Waals surface area contributed by atoms with Gasteiger partial charge in [0, 0.05) is 6.04 Å². The highest BCUT2D eigenvalue weighted by Gasteiger charge is 2.39. The van der Waals surface area contributed by atoms with E-state index in [1.165, 1.54) is 0 Å². The van der Waals surface area contributed by atoms with Gasteiger partial charge >= 0.3 is 0 Å². The summed E-state index contributed by atoms with van der Waals surface area (Å²) in [6.45, 7) is 8.16. The summed E-state index contributed by atoms with van der Waals surface area (Å²) in [5.41, 5.74) is 2.20. The summed E-state index contributed by atoms with van der Waals surface area (Å²) in [6.07, 6.45) is 0.906. The van der Waals surface area contributed by atoms with Crippen molar-refractivity contribution in [2.75, 3.05) is 7.11 Å². The molecule has 0 saturated carbocycles. The van der Waals surface area contributed by atoms with Crippen molar-refractivity contribution >= 4 is 5.91 Å². The van der Waals surface area contributed by atoms with Gasteiger partial charge in [0.15, 0.2) is 0 Å². The lowest BCUT2D eigenvalue weighted by atomic mass is 10.1. The first-order valence-electron chi connectivity index (χ1n) is 7.22. The number of carbonyl (C=O) groups is 1. The van der Waals surface area contributed by atoms with Crippen LogP contribution in [-0.4, -0.2) is 30.0 Å². The number of carbonyl (C=O) groups excluding carboxylic acids is 1. The van der Waals surface area contributed by atoms with Crippen molar-refractivity contribution in [3.05, 3.63) is 29.3 Å². The molecule has 0 aromatic heterocycles. The number of amides is 1. The van der Waals surface area contributed by atoms with E-state index in [1.54, 1.807) is 7.11 Å². The van der Waals surface area contributed by atoms with Gasteiger partial charge in [0.1, 0.15) is 11.9 Å². The topological polar surface area (TPSA) is 41.6 Å². The summed E-state index contributed by atoms with van der Waals surface area (Å²) in [7, 11) is 1.67. The molecule has 20 heavy (non-hydrogen) atoms. The molecule has 2 rings (SSSR count). The van der Waals surface area contributed by atoms with Gasteiger partial charge in [-0.15, -0.1) is 0 Å². The molecule has 0 radical (unpaired) electrons. The summed E-state index contributed by atoms with van der Waals surface area (Å²) in [6, 6.07) is 6.19. The summed E-state index contributed by atoms with van der Waals surface area (Å²) < 4.78 is 5.30. The lowest BCUT2D eigenvalue weighted by Gasteiger charge is -2.30. The fourth-order valence-corrected chi connectivity index (χ4v) is 2.74. The van der Waals surface area contributed by atoms with Gasteiger partial charge in [-0.3, -0.25) is 10.1 Å². The van der Waals surface area contributed by atoms with E-state index in [-0.39, 0.29) is 24.2 Å². The Kier molecular flexibility index (Phi) is 4.33. The van der Waals surface area contributed by atoms with E-state index in [9.17, 15) is 4.79 Å². The van der Waals surface area contributed by atoms with Crippen LogP contribution in [0.3, 0.4) is 0 Å².